The Bertz CT molecular complexity index is 73.7. The molecule has 0 aromatic carbocycles. The minimum absolute atomic E-state index is 0.500. The van der Waals surface area contributed by atoms with Crippen LogP contribution in [0.15, 0.2) is 0 Å². The molecular formula is C5H13N3. The summed E-state index contributed by atoms with van der Waals surface area (Å²) in [6.07, 6.45) is 0.500. The van der Waals surface area contributed by atoms with Crippen LogP contribution in [0.25, 0.3) is 0 Å². The van der Waals surface area contributed by atoms with Crippen LogP contribution in [0.5, 0.6) is 0 Å². The Kier molecular flexibility index (Phi) is 1.51. The molecule has 8 heavy (non-hydrogen) atoms. The average molecular weight is 115 g/mol. The van der Waals surface area contributed by atoms with Crippen molar-refractivity contribution in [2.75, 3.05) is 20.6 Å². The van der Waals surface area contributed by atoms with Crippen molar-refractivity contribution >= 4 is 0 Å². The molecule has 0 saturated carbocycles. The lowest BCUT2D eigenvalue weighted by atomic mass is 10.7. The highest BCUT2D eigenvalue weighted by atomic mass is 15.9. The molecule has 0 amide bonds. The first kappa shape index (κ1) is 6.01. The molecule has 0 bridgehead atoms. The Labute approximate surface area is 50.2 Å². The van der Waals surface area contributed by atoms with Gasteiger partial charge in [-0.15, -0.1) is 0 Å². The lowest BCUT2D eigenvalue weighted by Gasteiger charge is -1.89. The second-order valence-corrected chi connectivity index (χ2v) is 1.99. The number of hydrogen-bond donors (Lipinski definition) is 1. The van der Waals surface area contributed by atoms with Crippen LogP contribution in [-0.4, -0.2) is 36.9 Å². The Morgan fingerprint density at radius 2 is 2.25 bits per heavy atom. The summed E-state index contributed by atoms with van der Waals surface area (Å²) in [5.41, 5.74) is 0. The van der Waals surface area contributed by atoms with Crippen molar-refractivity contribution in [2.24, 2.45) is 0 Å². The second-order valence-electron chi connectivity index (χ2n) is 1.99. The van der Waals surface area contributed by atoms with E-state index in [1.54, 1.807) is 0 Å². The van der Waals surface area contributed by atoms with E-state index in [1.807, 2.05) is 7.05 Å². The van der Waals surface area contributed by atoms with Crippen LogP contribution in [0.3, 0.4) is 0 Å². The summed E-state index contributed by atoms with van der Waals surface area (Å²) in [5.74, 6) is 0. The van der Waals surface area contributed by atoms with Crippen LogP contribution in [-0.2, 0) is 0 Å². The summed E-state index contributed by atoms with van der Waals surface area (Å²) in [6, 6.07) is 0. The smallest absolute Gasteiger partial charge is 0.142 e. The van der Waals surface area contributed by atoms with Crippen LogP contribution in [0.1, 0.15) is 6.92 Å². The zero-order chi connectivity index (χ0) is 6.15. The quantitative estimate of drug-likeness (QED) is 0.497. The minimum atomic E-state index is 0.500. The zero-order valence-corrected chi connectivity index (χ0v) is 5.68. The molecule has 0 aromatic heterocycles. The van der Waals surface area contributed by atoms with Gasteiger partial charge in [-0.1, -0.05) is 6.92 Å². The summed E-state index contributed by atoms with van der Waals surface area (Å²) < 4.78 is 0. The molecule has 1 rings (SSSR count). The average Bonchev–Trinajstić information content (AvgIpc) is 2.40. The highest BCUT2D eigenvalue weighted by molar-refractivity contribution is 4.74. The Morgan fingerprint density at radius 3 is 2.38 bits per heavy atom. The molecule has 1 fully saturated rings. The van der Waals surface area contributed by atoms with Crippen LogP contribution < -0.4 is 5.32 Å². The van der Waals surface area contributed by atoms with Crippen molar-refractivity contribution in [1.29, 1.82) is 0 Å². The van der Waals surface area contributed by atoms with E-state index in [0.29, 0.717) is 6.29 Å². The van der Waals surface area contributed by atoms with Gasteiger partial charge in [-0.2, -0.15) is 0 Å². The van der Waals surface area contributed by atoms with Crippen molar-refractivity contribution in [3.63, 3.8) is 0 Å². The van der Waals surface area contributed by atoms with Crippen LogP contribution in [0.4, 0.5) is 0 Å². The van der Waals surface area contributed by atoms with Crippen molar-refractivity contribution in [3.8, 4) is 0 Å². The van der Waals surface area contributed by atoms with Crippen molar-refractivity contribution in [2.45, 2.75) is 13.2 Å². The molecule has 1 saturated heterocycles. The maximum Gasteiger partial charge on any atom is 0.142 e. The molecule has 3 nitrogen and oxygen atoms in total. The van der Waals surface area contributed by atoms with Gasteiger partial charge in [0, 0.05) is 13.6 Å². The van der Waals surface area contributed by atoms with Gasteiger partial charge >= 0.3 is 0 Å². The van der Waals surface area contributed by atoms with Gasteiger partial charge in [0.2, 0.25) is 0 Å². The summed E-state index contributed by atoms with van der Waals surface area (Å²) in [4.78, 5) is 0. The number of nitrogens with one attached hydrogen (secondary N) is 1. The van der Waals surface area contributed by atoms with Crippen LogP contribution >= 0.6 is 0 Å². The van der Waals surface area contributed by atoms with Gasteiger partial charge in [-0.25, -0.2) is 10.0 Å². The maximum absolute atomic E-state index is 3.14. The number of hydrogen-bond acceptors (Lipinski definition) is 3. The fraction of sp³-hybridized carbons (Fsp3) is 1.00. The molecule has 0 spiro atoms. The number of nitrogens with zero attached hydrogens (tertiary/aromatic N) is 2. The third-order valence-corrected chi connectivity index (χ3v) is 1.57. The van der Waals surface area contributed by atoms with E-state index in [9.17, 15) is 0 Å². The van der Waals surface area contributed by atoms with E-state index in [4.69, 9.17) is 0 Å². The van der Waals surface area contributed by atoms with Crippen LogP contribution in [0.2, 0.25) is 0 Å². The zero-order valence-electron chi connectivity index (χ0n) is 5.68. The summed E-state index contributed by atoms with van der Waals surface area (Å²) in [7, 11) is 4.04. The number of hydrazine groups is 1. The SMILES string of the molecule is CCN1C(NC)N1C. The highest BCUT2D eigenvalue weighted by Crippen LogP contribution is 2.18. The molecule has 1 heterocycles. The standard InChI is InChI=1S/C5H13N3/c1-4-8-5(6-2)7(8)3/h5-6H,4H2,1-3H3. The fourth-order valence-corrected chi connectivity index (χ4v) is 1.03. The topological polar surface area (TPSA) is 18.0 Å². The number of rotatable bonds is 2. The van der Waals surface area contributed by atoms with Crippen molar-refractivity contribution in [3.05, 3.63) is 0 Å². The third kappa shape index (κ3) is 0.727. The Hall–Kier alpha value is -0.120. The predicted molar refractivity (Wildman–Crippen MR) is 33.0 cm³/mol. The molecule has 48 valence electrons. The fourth-order valence-electron chi connectivity index (χ4n) is 1.03. The molecule has 1 aliphatic heterocycles. The minimum Gasteiger partial charge on any atom is -0.290 e. The lowest BCUT2D eigenvalue weighted by Crippen LogP contribution is -2.16. The Morgan fingerprint density at radius 1 is 1.62 bits per heavy atom. The molecule has 1 N–H and O–H groups in total. The van der Waals surface area contributed by atoms with E-state index < -0.39 is 0 Å². The molecule has 3 unspecified atom stereocenters. The molecule has 3 atom stereocenters. The van der Waals surface area contributed by atoms with E-state index >= 15 is 0 Å². The summed E-state index contributed by atoms with van der Waals surface area (Å²) >= 11 is 0. The molecule has 0 aromatic rings. The first-order valence-corrected chi connectivity index (χ1v) is 2.98. The third-order valence-electron chi connectivity index (χ3n) is 1.57. The summed E-state index contributed by atoms with van der Waals surface area (Å²) in [5, 5.41) is 7.54. The van der Waals surface area contributed by atoms with Gasteiger partial charge in [0.05, 0.1) is 0 Å². The maximum atomic E-state index is 3.14. The van der Waals surface area contributed by atoms with Gasteiger partial charge in [0.1, 0.15) is 6.29 Å². The van der Waals surface area contributed by atoms with Crippen molar-refractivity contribution < 1.29 is 0 Å². The van der Waals surface area contributed by atoms with Crippen molar-refractivity contribution in [1.82, 2.24) is 15.3 Å². The lowest BCUT2D eigenvalue weighted by molar-refractivity contribution is 0.366. The van der Waals surface area contributed by atoms with Gasteiger partial charge in [-0.05, 0) is 7.05 Å². The Balaban J connectivity index is 2.23. The van der Waals surface area contributed by atoms with Crippen LogP contribution in [0, 0.1) is 0 Å². The molecule has 1 aliphatic rings. The van der Waals surface area contributed by atoms with Gasteiger partial charge < -0.3 is 0 Å². The largest absolute Gasteiger partial charge is 0.290 e. The normalized spacial score (nSPS) is 44.6. The van der Waals surface area contributed by atoms with Gasteiger partial charge in [-0.3, -0.25) is 5.32 Å². The highest BCUT2D eigenvalue weighted by Gasteiger charge is 2.38. The predicted octanol–water partition coefficient (Wildman–Crippen LogP) is -0.328. The van der Waals surface area contributed by atoms with Gasteiger partial charge in [0.25, 0.3) is 0 Å². The molecule has 0 radical (unpaired) electrons. The summed E-state index contributed by atoms with van der Waals surface area (Å²) in [6.45, 7) is 3.25. The molecular weight excluding hydrogens is 102 g/mol. The molecule has 0 aliphatic carbocycles. The first-order valence-electron chi connectivity index (χ1n) is 2.98. The van der Waals surface area contributed by atoms with E-state index in [-0.39, 0.29) is 0 Å². The monoisotopic (exact) mass is 115 g/mol. The second kappa shape index (κ2) is 2.01. The molecule has 3 heteroatoms. The van der Waals surface area contributed by atoms with E-state index in [1.165, 1.54) is 0 Å². The van der Waals surface area contributed by atoms with Gasteiger partial charge in [0.15, 0.2) is 0 Å². The van der Waals surface area contributed by atoms with E-state index in [2.05, 4.69) is 29.3 Å². The van der Waals surface area contributed by atoms with E-state index in [0.717, 1.165) is 6.54 Å². The first-order chi connectivity index (χ1) is 3.81.